The minimum absolute atomic E-state index is 0.550. The zero-order valence-electron chi connectivity index (χ0n) is 10.5. The van der Waals surface area contributed by atoms with Crippen LogP contribution in [0, 0.1) is 5.92 Å². The molecule has 0 amide bonds. The van der Waals surface area contributed by atoms with Gasteiger partial charge in [0.05, 0.1) is 6.54 Å². The molecule has 5 heteroatoms. The molecule has 2 rings (SSSR count). The fourth-order valence-electron chi connectivity index (χ4n) is 1.76. The zero-order chi connectivity index (χ0) is 11.9. The van der Waals surface area contributed by atoms with Gasteiger partial charge in [-0.2, -0.15) is 0 Å². The summed E-state index contributed by atoms with van der Waals surface area (Å²) in [5.41, 5.74) is 0. The van der Waals surface area contributed by atoms with E-state index in [2.05, 4.69) is 27.8 Å². The summed E-state index contributed by atoms with van der Waals surface area (Å²) in [6.45, 7) is 4.70. The molecule has 0 unspecified atom stereocenters. The molecule has 17 heavy (non-hydrogen) atoms. The minimum atomic E-state index is 0.550. The summed E-state index contributed by atoms with van der Waals surface area (Å²) in [7, 11) is 0. The van der Waals surface area contributed by atoms with Crippen molar-refractivity contribution in [2.75, 3.05) is 18.4 Å². The molecule has 2 N–H and O–H groups in total. The predicted octanol–water partition coefficient (Wildman–Crippen LogP) is 2.17. The average Bonchev–Trinajstić information content (AvgIpc) is 3.05. The van der Waals surface area contributed by atoms with Gasteiger partial charge in [0.2, 0.25) is 5.89 Å². The summed E-state index contributed by atoms with van der Waals surface area (Å²) < 4.78 is 5.46. The largest absolute Gasteiger partial charge is 0.407 e. The molecule has 0 saturated heterocycles. The van der Waals surface area contributed by atoms with Gasteiger partial charge >= 0.3 is 6.01 Å². The average molecular weight is 238 g/mol. The highest BCUT2D eigenvalue weighted by Crippen LogP contribution is 2.33. The normalized spacial score (nSPS) is 15.1. The van der Waals surface area contributed by atoms with Gasteiger partial charge in [-0.1, -0.05) is 24.9 Å². The van der Waals surface area contributed by atoms with Crippen molar-refractivity contribution in [3.8, 4) is 0 Å². The maximum atomic E-state index is 5.46. The third-order valence-electron chi connectivity index (χ3n) is 2.93. The molecule has 1 aliphatic carbocycles. The van der Waals surface area contributed by atoms with Gasteiger partial charge < -0.3 is 15.1 Å². The van der Waals surface area contributed by atoms with Crippen LogP contribution in [0.2, 0.25) is 0 Å². The summed E-state index contributed by atoms with van der Waals surface area (Å²) in [6, 6.07) is 0.550. The van der Waals surface area contributed by atoms with Crippen molar-refractivity contribution in [3.63, 3.8) is 0 Å². The van der Waals surface area contributed by atoms with E-state index in [1.165, 1.54) is 25.7 Å². The summed E-state index contributed by atoms with van der Waals surface area (Å²) in [5.74, 6) is 1.65. The van der Waals surface area contributed by atoms with Gasteiger partial charge in [0.1, 0.15) is 0 Å². The molecule has 1 aromatic heterocycles. The second kappa shape index (κ2) is 6.59. The van der Waals surface area contributed by atoms with Crippen LogP contribution >= 0.6 is 0 Å². The SMILES string of the molecule is CCCNCc1nnc(NCCCC2CC2)o1. The third-order valence-corrected chi connectivity index (χ3v) is 2.93. The Balaban J connectivity index is 1.59. The Morgan fingerprint density at radius 1 is 1.29 bits per heavy atom. The summed E-state index contributed by atoms with van der Waals surface area (Å²) in [6.07, 6.45) is 6.48. The highest BCUT2D eigenvalue weighted by atomic mass is 16.4. The number of anilines is 1. The number of hydrogen-bond donors (Lipinski definition) is 2. The topological polar surface area (TPSA) is 63.0 Å². The Morgan fingerprint density at radius 3 is 2.94 bits per heavy atom. The van der Waals surface area contributed by atoms with Crippen molar-refractivity contribution in [3.05, 3.63) is 5.89 Å². The Kier molecular flexibility index (Phi) is 4.79. The Hall–Kier alpha value is -1.10. The van der Waals surface area contributed by atoms with E-state index in [1.807, 2.05) is 0 Å². The maximum absolute atomic E-state index is 5.46. The standard InChI is InChI=1S/C12H22N4O/c1-2-7-13-9-11-15-16-12(17-11)14-8-3-4-10-5-6-10/h10,13H,2-9H2,1H3,(H,14,16). The first kappa shape index (κ1) is 12.4. The molecular formula is C12H22N4O. The number of aromatic nitrogens is 2. The monoisotopic (exact) mass is 238 g/mol. The van der Waals surface area contributed by atoms with Crippen LogP contribution in [0.25, 0.3) is 0 Å². The second-order valence-corrected chi connectivity index (χ2v) is 4.69. The lowest BCUT2D eigenvalue weighted by atomic mass is 10.2. The predicted molar refractivity (Wildman–Crippen MR) is 66.7 cm³/mol. The fraction of sp³-hybridized carbons (Fsp3) is 0.833. The van der Waals surface area contributed by atoms with E-state index in [-0.39, 0.29) is 0 Å². The van der Waals surface area contributed by atoms with Crippen LogP contribution in [0.15, 0.2) is 4.42 Å². The number of nitrogens with zero attached hydrogens (tertiary/aromatic N) is 2. The van der Waals surface area contributed by atoms with Crippen molar-refractivity contribution in [1.29, 1.82) is 0 Å². The lowest BCUT2D eigenvalue weighted by Crippen LogP contribution is -2.13. The Bertz CT molecular complexity index is 322. The number of hydrogen-bond acceptors (Lipinski definition) is 5. The highest BCUT2D eigenvalue weighted by molar-refractivity contribution is 5.16. The second-order valence-electron chi connectivity index (χ2n) is 4.69. The maximum Gasteiger partial charge on any atom is 0.315 e. The minimum Gasteiger partial charge on any atom is -0.407 e. The zero-order valence-corrected chi connectivity index (χ0v) is 10.5. The molecule has 1 heterocycles. The Labute approximate surface area is 102 Å². The molecule has 1 fully saturated rings. The van der Waals surface area contributed by atoms with Crippen molar-refractivity contribution in [2.24, 2.45) is 5.92 Å². The van der Waals surface area contributed by atoms with Crippen LogP contribution in [-0.2, 0) is 6.54 Å². The molecule has 0 spiro atoms. The summed E-state index contributed by atoms with van der Waals surface area (Å²) >= 11 is 0. The molecule has 0 bridgehead atoms. The first-order valence-electron chi connectivity index (χ1n) is 6.65. The van der Waals surface area contributed by atoms with Gasteiger partial charge in [-0.15, -0.1) is 5.10 Å². The number of nitrogens with one attached hydrogen (secondary N) is 2. The molecule has 96 valence electrons. The van der Waals surface area contributed by atoms with Gasteiger partial charge in [0.15, 0.2) is 0 Å². The van der Waals surface area contributed by atoms with Crippen molar-refractivity contribution < 1.29 is 4.42 Å². The van der Waals surface area contributed by atoms with E-state index >= 15 is 0 Å². The number of rotatable bonds is 9. The summed E-state index contributed by atoms with van der Waals surface area (Å²) in [4.78, 5) is 0. The molecule has 0 aromatic carbocycles. The molecule has 1 saturated carbocycles. The quantitative estimate of drug-likeness (QED) is 0.646. The van der Waals surface area contributed by atoms with E-state index in [4.69, 9.17) is 4.42 Å². The lowest BCUT2D eigenvalue weighted by Gasteiger charge is -2.00. The van der Waals surface area contributed by atoms with Crippen molar-refractivity contribution in [1.82, 2.24) is 15.5 Å². The van der Waals surface area contributed by atoms with Crippen molar-refractivity contribution in [2.45, 2.75) is 45.6 Å². The van der Waals surface area contributed by atoms with Crippen molar-refractivity contribution >= 4 is 6.01 Å². The van der Waals surface area contributed by atoms with Crippen LogP contribution in [0.3, 0.4) is 0 Å². The smallest absolute Gasteiger partial charge is 0.315 e. The Morgan fingerprint density at radius 2 is 2.18 bits per heavy atom. The van der Waals surface area contributed by atoms with E-state index < -0.39 is 0 Å². The van der Waals surface area contributed by atoms with Gasteiger partial charge in [-0.3, -0.25) is 0 Å². The molecule has 5 nitrogen and oxygen atoms in total. The van der Waals surface area contributed by atoms with Crippen LogP contribution in [0.1, 0.15) is 44.9 Å². The lowest BCUT2D eigenvalue weighted by molar-refractivity contribution is 0.476. The first-order chi connectivity index (χ1) is 8.38. The third kappa shape index (κ3) is 4.73. The molecule has 0 aliphatic heterocycles. The van der Waals surface area contributed by atoms with Gasteiger partial charge in [-0.25, -0.2) is 0 Å². The van der Waals surface area contributed by atoms with Crippen LogP contribution in [0.4, 0.5) is 6.01 Å². The van der Waals surface area contributed by atoms with E-state index in [0.29, 0.717) is 18.5 Å². The van der Waals surface area contributed by atoms with Crippen LogP contribution < -0.4 is 10.6 Å². The van der Waals surface area contributed by atoms with Crippen LogP contribution in [-0.4, -0.2) is 23.3 Å². The van der Waals surface area contributed by atoms with E-state index in [1.54, 1.807) is 0 Å². The van der Waals surface area contributed by atoms with E-state index in [9.17, 15) is 0 Å². The summed E-state index contributed by atoms with van der Waals surface area (Å²) in [5, 5.41) is 14.3. The van der Waals surface area contributed by atoms with Gasteiger partial charge in [0.25, 0.3) is 0 Å². The molecule has 0 radical (unpaired) electrons. The van der Waals surface area contributed by atoms with Crippen LogP contribution in [0.5, 0.6) is 0 Å². The molecular weight excluding hydrogens is 216 g/mol. The van der Waals surface area contributed by atoms with E-state index in [0.717, 1.165) is 25.4 Å². The highest BCUT2D eigenvalue weighted by Gasteiger charge is 2.20. The molecule has 1 aromatic rings. The molecule has 1 aliphatic rings. The van der Waals surface area contributed by atoms with Gasteiger partial charge in [-0.05, 0) is 31.7 Å². The first-order valence-corrected chi connectivity index (χ1v) is 6.65. The fourth-order valence-corrected chi connectivity index (χ4v) is 1.76. The van der Waals surface area contributed by atoms with Gasteiger partial charge in [0, 0.05) is 6.54 Å². The molecule has 0 atom stereocenters.